The van der Waals surface area contributed by atoms with Crippen LogP contribution in [0.4, 0.5) is 5.69 Å². The highest BCUT2D eigenvalue weighted by Crippen LogP contribution is 2.43. The number of pyridine rings is 1. The molecular weight excluding hydrogens is 356 g/mol. The van der Waals surface area contributed by atoms with E-state index < -0.39 is 5.66 Å². The van der Waals surface area contributed by atoms with Crippen LogP contribution in [0, 0.1) is 6.92 Å². The smallest absolute Gasteiger partial charge is 0.260 e. The first-order valence-corrected chi connectivity index (χ1v) is 9.68. The molecule has 2 bridgehead atoms. The summed E-state index contributed by atoms with van der Waals surface area (Å²) in [5.74, 6) is -0.297. The van der Waals surface area contributed by atoms with Crippen LogP contribution < -0.4 is 16.2 Å². The van der Waals surface area contributed by atoms with Crippen molar-refractivity contribution in [1.29, 1.82) is 0 Å². The number of nitrogens with one attached hydrogen (secondary N) is 3. The van der Waals surface area contributed by atoms with Gasteiger partial charge in [-0.15, -0.1) is 0 Å². The summed E-state index contributed by atoms with van der Waals surface area (Å²) in [6.45, 7) is 1.79. The number of hydrogen-bond donors (Lipinski definition) is 3. The monoisotopic (exact) mass is 378 g/mol. The highest BCUT2D eigenvalue weighted by Gasteiger charge is 2.52. The molecule has 5 rings (SSSR count). The molecule has 2 atom stereocenters. The van der Waals surface area contributed by atoms with Crippen molar-refractivity contribution >= 4 is 17.5 Å². The molecule has 7 nitrogen and oxygen atoms in total. The van der Waals surface area contributed by atoms with Gasteiger partial charge in [-0.3, -0.25) is 14.4 Å². The molecule has 0 aliphatic carbocycles. The number of aromatic amines is 1. The average Bonchev–Trinajstić information content (AvgIpc) is 2.93. The van der Waals surface area contributed by atoms with Crippen LogP contribution in [0.25, 0.3) is 0 Å². The zero-order chi connectivity index (χ0) is 19.5. The van der Waals surface area contributed by atoms with Crippen molar-refractivity contribution in [2.45, 2.75) is 50.4 Å². The predicted molar refractivity (Wildman–Crippen MR) is 104 cm³/mol. The van der Waals surface area contributed by atoms with E-state index in [-0.39, 0.29) is 35.0 Å². The average molecular weight is 378 g/mol. The number of amides is 2. The first-order valence-electron chi connectivity index (χ1n) is 9.68. The van der Waals surface area contributed by atoms with E-state index >= 15 is 0 Å². The lowest BCUT2D eigenvalue weighted by Gasteiger charge is -2.49. The van der Waals surface area contributed by atoms with E-state index in [1.807, 2.05) is 29.2 Å². The molecule has 2 fully saturated rings. The van der Waals surface area contributed by atoms with E-state index in [1.165, 1.54) is 0 Å². The highest BCUT2D eigenvalue weighted by molar-refractivity contribution is 6.02. The van der Waals surface area contributed by atoms with Crippen LogP contribution in [0.2, 0.25) is 0 Å². The van der Waals surface area contributed by atoms with Crippen LogP contribution in [0.3, 0.4) is 0 Å². The van der Waals surface area contributed by atoms with Gasteiger partial charge in [0, 0.05) is 36.3 Å². The van der Waals surface area contributed by atoms with E-state index in [0.717, 1.165) is 24.2 Å². The standard InChI is InChI=1S/C21H22N4O3/c1-12-6-9-16(18(26)22-12)20(28)25-13-7-8-14(25)11-21(10-13)23-17-5-3-2-4-15(17)19(27)24-21/h2-6,9,13-14,23H,7-8,10-11H2,1H3,(H,22,26)(H,24,27)/t13-,14-/m0/s1. The lowest BCUT2D eigenvalue weighted by atomic mass is 9.87. The molecule has 1 spiro atoms. The molecule has 2 saturated heterocycles. The van der Waals surface area contributed by atoms with Crippen LogP contribution in [0.5, 0.6) is 0 Å². The van der Waals surface area contributed by atoms with Gasteiger partial charge in [0.15, 0.2) is 0 Å². The maximum atomic E-state index is 13.1. The Labute approximate surface area is 162 Å². The molecule has 2 aromatic rings. The Bertz CT molecular complexity index is 1030. The molecular formula is C21H22N4O3. The summed E-state index contributed by atoms with van der Waals surface area (Å²) in [6.07, 6.45) is 3.00. The number of para-hydroxylation sites is 1. The van der Waals surface area contributed by atoms with Crippen molar-refractivity contribution in [2.75, 3.05) is 5.32 Å². The van der Waals surface area contributed by atoms with Crippen LogP contribution in [-0.4, -0.2) is 39.4 Å². The number of H-pyrrole nitrogens is 1. The molecule has 0 radical (unpaired) electrons. The van der Waals surface area contributed by atoms with Gasteiger partial charge in [-0.1, -0.05) is 12.1 Å². The lowest BCUT2D eigenvalue weighted by molar-refractivity contribution is 0.0449. The quantitative estimate of drug-likeness (QED) is 0.707. The van der Waals surface area contributed by atoms with E-state index in [1.54, 1.807) is 19.1 Å². The summed E-state index contributed by atoms with van der Waals surface area (Å²) in [4.78, 5) is 42.6. The number of aromatic nitrogens is 1. The molecule has 7 heteroatoms. The molecule has 28 heavy (non-hydrogen) atoms. The maximum absolute atomic E-state index is 13.1. The predicted octanol–water partition coefficient (Wildman–Crippen LogP) is 2.00. The molecule has 2 amide bonds. The van der Waals surface area contributed by atoms with Crippen LogP contribution in [0.1, 0.15) is 52.1 Å². The number of rotatable bonds is 1. The molecule has 3 aliphatic heterocycles. The minimum atomic E-state index is -0.548. The fraction of sp³-hybridized carbons (Fsp3) is 0.381. The number of anilines is 1. The molecule has 0 saturated carbocycles. The van der Waals surface area contributed by atoms with Crippen LogP contribution in [-0.2, 0) is 0 Å². The van der Waals surface area contributed by atoms with Gasteiger partial charge in [-0.2, -0.15) is 0 Å². The van der Waals surface area contributed by atoms with Crippen molar-refractivity contribution < 1.29 is 9.59 Å². The Morgan fingerprint density at radius 3 is 2.46 bits per heavy atom. The Morgan fingerprint density at radius 1 is 1.04 bits per heavy atom. The number of carbonyl (C=O) groups excluding carboxylic acids is 2. The third kappa shape index (κ3) is 2.53. The number of aryl methyl sites for hydroxylation is 1. The molecule has 1 aromatic heterocycles. The lowest BCUT2D eigenvalue weighted by Crippen LogP contribution is -2.65. The minimum absolute atomic E-state index is 0.00925. The second kappa shape index (κ2) is 5.95. The van der Waals surface area contributed by atoms with Crippen LogP contribution in [0.15, 0.2) is 41.2 Å². The van der Waals surface area contributed by atoms with E-state index in [9.17, 15) is 14.4 Å². The van der Waals surface area contributed by atoms with Gasteiger partial charge >= 0.3 is 0 Å². The van der Waals surface area contributed by atoms with Crippen LogP contribution >= 0.6 is 0 Å². The Balaban J connectivity index is 1.44. The van der Waals surface area contributed by atoms with Gasteiger partial charge in [0.25, 0.3) is 17.4 Å². The maximum Gasteiger partial charge on any atom is 0.260 e. The number of piperidine rings is 1. The molecule has 3 aliphatic rings. The summed E-state index contributed by atoms with van der Waals surface area (Å²) in [5.41, 5.74) is 1.50. The van der Waals surface area contributed by atoms with Gasteiger partial charge in [-0.05, 0) is 44.0 Å². The van der Waals surface area contributed by atoms with Gasteiger partial charge in [0.2, 0.25) is 0 Å². The summed E-state index contributed by atoms with van der Waals surface area (Å²) in [5, 5.41) is 6.67. The zero-order valence-corrected chi connectivity index (χ0v) is 15.6. The SMILES string of the molecule is Cc1ccc(C(=O)N2[C@H]3CC[C@H]2CC2(C3)NC(=O)c3ccccc3N2)c(=O)[nH]1. The fourth-order valence-electron chi connectivity index (χ4n) is 5.03. The van der Waals surface area contributed by atoms with Gasteiger partial charge in [0.05, 0.1) is 5.56 Å². The topological polar surface area (TPSA) is 94.3 Å². The molecule has 3 N–H and O–H groups in total. The van der Waals surface area contributed by atoms with Gasteiger partial charge in [0.1, 0.15) is 11.2 Å². The van der Waals surface area contributed by atoms with Crippen molar-refractivity contribution in [3.63, 3.8) is 0 Å². The number of hydrogen-bond acceptors (Lipinski definition) is 4. The summed E-state index contributed by atoms with van der Waals surface area (Å²) in [6, 6.07) is 10.8. The third-order valence-electron chi connectivity index (χ3n) is 6.21. The molecule has 4 heterocycles. The molecule has 144 valence electrons. The first kappa shape index (κ1) is 17.0. The van der Waals surface area contributed by atoms with Crippen molar-refractivity contribution in [3.8, 4) is 0 Å². The second-order valence-electron chi connectivity index (χ2n) is 8.10. The van der Waals surface area contributed by atoms with Crippen molar-refractivity contribution in [3.05, 3.63) is 63.6 Å². The number of carbonyl (C=O) groups is 2. The van der Waals surface area contributed by atoms with Gasteiger partial charge < -0.3 is 20.5 Å². The van der Waals surface area contributed by atoms with E-state index in [0.29, 0.717) is 18.4 Å². The van der Waals surface area contributed by atoms with E-state index in [2.05, 4.69) is 15.6 Å². The molecule has 1 aromatic carbocycles. The van der Waals surface area contributed by atoms with Crippen molar-refractivity contribution in [1.82, 2.24) is 15.2 Å². The van der Waals surface area contributed by atoms with Gasteiger partial charge in [-0.25, -0.2) is 0 Å². The number of benzene rings is 1. The first-order chi connectivity index (χ1) is 13.5. The summed E-state index contributed by atoms with van der Waals surface area (Å²) in [7, 11) is 0. The summed E-state index contributed by atoms with van der Waals surface area (Å²) >= 11 is 0. The van der Waals surface area contributed by atoms with Crippen molar-refractivity contribution in [2.24, 2.45) is 0 Å². The summed E-state index contributed by atoms with van der Waals surface area (Å²) < 4.78 is 0. The Morgan fingerprint density at radius 2 is 1.75 bits per heavy atom. The Hall–Kier alpha value is -3.09. The number of nitrogens with zero attached hydrogens (tertiary/aromatic N) is 1. The zero-order valence-electron chi connectivity index (χ0n) is 15.6. The highest BCUT2D eigenvalue weighted by atomic mass is 16.2. The largest absolute Gasteiger partial charge is 0.362 e. The normalized spacial score (nSPS) is 27.9. The fourth-order valence-corrected chi connectivity index (χ4v) is 5.03. The third-order valence-corrected chi connectivity index (χ3v) is 6.21. The Kier molecular flexibility index (Phi) is 3.62. The number of fused-ring (bicyclic) bond motifs is 3. The second-order valence-corrected chi connectivity index (χ2v) is 8.10. The molecule has 0 unspecified atom stereocenters. The van der Waals surface area contributed by atoms with E-state index in [4.69, 9.17) is 0 Å². The minimum Gasteiger partial charge on any atom is -0.362 e.